The highest BCUT2D eigenvalue weighted by molar-refractivity contribution is 7.13. The first-order chi connectivity index (χ1) is 15.6. The highest BCUT2D eigenvalue weighted by Crippen LogP contribution is 2.17. The maximum Gasteiger partial charge on any atom is 0.286 e. The fourth-order valence-electron chi connectivity index (χ4n) is 3.66. The van der Waals surface area contributed by atoms with Gasteiger partial charge in [0.2, 0.25) is 5.01 Å². The van der Waals surface area contributed by atoms with E-state index in [-0.39, 0.29) is 5.91 Å². The molecular weight excluding hydrogens is 420 g/mol. The van der Waals surface area contributed by atoms with Crippen LogP contribution in [0.1, 0.15) is 38.4 Å². The van der Waals surface area contributed by atoms with Gasteiger partial charge in [-0.25, -0.2) is 0 Å². The largest absolute Gasteiger partial charge is 0.320 e. The minimum atomic E-state index is -0.217. The third kappa shape index (κ3) is 5.77. The number of amides is 1. The molecule has 0 radical (unpaired) electrons. The van der Waals surface area contributed by atoms with E-state index in [0.29, 0.717) is 17.1 Å². The lowest BCUT2D eigenvalue weighted by atomic mass is 10.1. The molecule has 4 rings (SSSR count). The van der Waals surface area contributed by atoms with Crippen molar-refractivity contribution in [1.29, 1.82) is 5.26 Å². The molecule has 8 heteroatoms. The number of anilines is 1. The fourth-order valence-corrected chi connectivity index (χ4v) is 4.43. The molecule has 1 amide bonds. The van der Waals surface area contributed by atoms with Crippen LogP contribution in [0.5, 0.6) is 0 Å². The Morgan fingerprint density at radius 2 is 1.59 bits per heavy atom. The quantitative estimate of drug-likeness (QED) is 0.598. The van der Waals surface area contributed by atoms with Crippen molar-refractivity contribution >= 4 is 22.9 Å². The number of nitrogens with one attached hydrogen (secondary N) is 1. The summed E-state index contributed by atoms with van der Waals surface area (Å²) in [5, 5.41) is 21.4. The summed E-state index contributed by atoms with van der Waals surface area (Å²) in [6, 6.07) is 17.8. The van der Waals surface area contributed by atoms with E-state index in [2.05, 4.69) is 38.3 Å². The van der Waals surface area contributed by atoms with Crippen LogP contribution >= 0.6 is 11.3 Å². The number of hydrogen-bond donors (Lipinski definition) is 1. The van der Waals surface area contributed by atoms with Crippen LogP contribution in [0.25, 0.3) is 0 Å². The van der Waals surface area contributed by atoms with Crippen molar-refractivity contribution in [2.24, 2.45) is 0 Å². The summed E-state index contributed by atoms with van der Waals surface area (Å²) >= 11 is 1.35. The Hall–Kier alpha value is -3.12. The van der Waals surface area contributed by atoms with Gasteiger partial charge < -0.3 is 5.32 Å². The number of nitrogens with zero attached hydrogens (tertiary/aromatic N) is 5. The van der Waals surface area contributed by atoms with Crippen molar-refractivity contribution in [2.45, 2.75) is 26.4 Å². The van der Waals surface area contributed by atoms with E-state index in [4.69, 9.17) is 5.26 Å². The summed E-state index contributed by atoms with van der Waals surface area (Å²) in [4.78, 5) is 17.3. The van der Waals surface area contributed by atoms with Crippen LogP contribution in [-0.2, 0) is 19.5 Å². The molecular formula is C24H26N6OS. The summed E-state index contributed by atoms with van der Waals surface area (Å²) in [6.07, 6.45) is 0.970. The lowest BCUT2D eigenvalue weighted by Gasteiger charge is -2.34. The van der Waals surface area contributed by atoms with E-state index in [1.54, 1.807) is 0 Å². The molecule has 7 nitrogen and oxygen atoms in total. The molecule has 0 aliphatic carbocycles. The molecule has 3 aromatic rings. The van der Waals surface area contributed by atoms with Crippen molar-refractivity contribution in [1.82, 2.24) is 20.0 Å². The van der Waals surface area contributed by atoms with Crippen LogP contribution in [0.15, 0.2) is 48.5 Å². The maximum absolute atomic E-state index is 12.5. The summed E-state index contributed by atoms with van der Waals surface area (Å²) in [5.41, 5.74) is 3.92. The van der Waals surface area contributed by atoms with E-state index in [9.17, 15) is 4.79 Å². The van der Waals surface area contributed by atoms with Crippen LogP contribution in [-0.4, -0.2) is 52.1 Å². The predicted octanol–water partition coefficient (Wildman–Crippen LogP) is 3.54. The number of aromatic nitrogens is 2. The average molecular weight is 447 g/mol. The highest BCUT2D eigenvalue weighted by atomic mass is 32.1. The zero-order valence-electron chi connectivity index (χ0n) is 18.1. The second kappa shape index (κ2) is 10.5. The molecule has 1 saturated heterocycles. The summed E-state index contributed by atoms with van der Waals surface area (Å²) < 4.78 is 0. The Bertz CT molecular complexity index is 1080. The number of rotatable bonds is 7. The van der Waals surface area contributed by atoms with Gasteiger partial charge in [-0.05, 0) is 41.8 Å². The van der Waals surface area contributed by atoms with E-state index in [1.165, 1.54) is 22.5 Å². The van der Waals surface area contributed by atoms with Crippen LogP contribution in [0, 0.1) is 11.3 Å². The number of aryl methyl sites for hydroxylation is 1. The Balaban J connectivity index is 1.24. The number of carbonyl (C=O) groups excluding carboxylic acids is 1. The van der Waals surface area contributed by atoms with Gasteiger partial charge in [0.15, 0.2) is 0 Å². The fraction of sp³-hybridized carbons (Fsp3) is 0.333. The van der Waals surface area contributed by atoms with Gasteiger partial charge in [0, 0.05) is 38.4 Å². The monoisotopic (exact) mass is 446 g/mol. The SMILES string of the molecule is CCc1ccc(NC(=O)c2nnc(CN3CCN(Cc4ccc(C#N)cc4)CC3)s2)cc1. The highest BCUT2D eigenvalue weighted by Gasteiger charge is 2.20. The lowest BCUT2D eigenvalue weighted by molar-refractivity contribution is 0.102. The molecule has 0 bridgehead atoms. The Morgan fingerprint density at radius 1 is 0.969 bits per heavy atom. The van der Waals surface area contributed by atoms with Gasteiger partial charge in [-0.3, -0.25) is 14.6 Å². The number of benzene rings is 2. The predicted molar refractivity (Wildman–Crippen MR) is 125 cm³/mol. The van der Waals surface area contributed by atoms with E-state index in [0.717, 1.165) is 49.8 Å². The van der Waals surface area contributed by atoms with E-state index in [1.807, 2.05) is 48.5 Å². The first-order valence-electron chi connectivity index (χ1n) is 10.8. The van der Waals surface area contributed by atoms with Crippen molar-refractivity contribution in [3.8, 4) is 6.07 Å². The second-order valence-electron chi connectivity index (χ2n) is 7.87. The topological polar surface area (TPSA) is 85.2 Å². The first-order valence-corrected chi connectivity index (χ1v) is 11.6. The van der Waals surface area contributed by atoms with Crippen LogP contribution in [0.3, 0.4) is 0 Å². The molecule has 2 heterocycles. The van der Waals surface area contributed by atoms with Gasteiger partial charge in [0.05, 0.1) is 18.2 Å². The summed E-state index contributed by atoms with van der Waals surface area (Å²) in [7, 11) is 0. The van der Waals surface area contributed by atoms with Crippen molar-refractivity contribution in [2.75, 3.05) is 31.5 Å². The molecule has 164 valence electrons. The molecule has 0 saturated carbocycles. The number of hydrogen-bond acceptors (Lipinski definition) is 7. The Labute approximate surface area is 192 Å². The zero-order chi connectivity index (χ0) is 22.3. The van der Waals surface area contributed by atoms with Gasteiger partial charge in [-0.2, -0.15) is 5.26 Å². The third-order valence-electron chi connectivity index (χ3n) is 5.59. The first kappa shape index (κ1) is 22.1. The second-order valence-corrected chi connectivity index (χ2v) is 8.93. The van der Waals surface area contributed by atoms with Gasteiger partial charge in [-0.1, -0.05) is 42.5 Å². The van der Waals surface area contributed by atoms with E-state index < -0.39 is 0 Å². The molecule has 32 heavy (non-hydrogen) atoms. The number of nitriles is 1. The molecule has 1 N–H and O–H groups in total. The Kier molecular flexibility index (Phi) is 7.22. The molecule has 0 spiro atoms. The summed E-state index contributed by atoms with van der Waals surface area (Å²) in [6.45, 7) is 7.54. The van der Waals surface area contributed by atoms with Crippen molar-refractivity contribution in [3.05, 3.63) is 75.2 Å². The molecule has 1 aromatic heterocycles. The Morgan fingerprint density at radius 3 is 2.22 bits per heavy atom. The molecule has 2 aromatic carbocycles. The van der Waals surface area contributed by atoms with Gasteiger partial charge >= 0.3 is 0 Å². The smallest absolute Gasteiger partial charge is 0.286 e. The van der Waals surface area contributed by atoms with Crippen LogP contribution in [0.2, 0.25) is 0 Å². The molecule has 0 atom stereocenters. The van der Waals surface area contributed by atoms with Gasteiger partial charge in [-0.15, -0.1) is 10.2 Å². The zero-order valence-corrected chi connectivity index (χ0v) is 18.9. The molecule has 0 unspecified atom stereocenters. The average Bonchev–Trinajstić information content (AvgIpc) is 3.30. The van der Waals surface area contributed by atoms with Gasteiger partial charge in [0.25, 0.3) is 5.91 Å². The lowest BCUT2D eigenvalue weighted by Crippen LogP contribution is -2.45. The van der Waals surface area contributed by atoms with Gasteiger partial charge in [0.1, 0.15) is 5.01 Å². The minimum absolute atomic E-state index is 0.217. The molecule has 1 fully saturated rings. The van der Waals surface area contributed by atoms with Crippen LogP contribution < -0.4 is 5.32 Å². The maximum atomic E-state index is 12.5. The van der Waals surface area contributed by atoms with Crippen molar-refractivity contribution < 1.29 is 4.79 Å². The normalized spacial score (nSPS) is 14.8. The molecule has 1 aliphatic heterocycles. The van der Waals surface area contributed by atoms with E-state index >= 15 is 0 Å². The van der Waals surface area contributed by atoms with Crippen LogP contribution in [0.4, 0.5) is 5.69 Å². The standard InChI is InChI=1S/C24H26N6OS/c1-2-18-7-9-21(10-8-18)26-23(31)24-28-27-22(32-24)17-30-13-11-29(12-14-30)16-20-5-3-19(15-25)4-6-20/h3-10H,2,11-14,16-17H2,1H3,(H,26,31). The van der Waals surface area contributed by atoms with Crippen molar-refractivity contribution in [3.63, 3.8) is 0 Å². The minimum Gasteiger partial charge on any atom is -0.320 e. The summed E-state index contributed by atoms with van der Waals surface area (Å²) in [5.74, 6) is -0.217. The third-order valence-corrected chi connectivity index (χ3v) is 6.50. The molecule has 1 aliphatic rings. The number of piperazine rings is 1. The number of carbonyl (C=O) groups is 1.